The van der Waals surface area contributed by atoms with Crippen molar-refractivity contribution in [1.82, 2.24) is 5.32 Å². The summed E-state index contributed by atoms with van der Waals surface area (Å²) in [7, 11) is 0. The summed E-state index contributed by atoms with van der Waals surface area (Å²) in [6.07, 6.45) is 2.55. The fourth-order valence-electron chi connectivity index (χ4n) is 2.48. The zero-order chi connectivity index (χ0) is 9.31. The predicted octanol–water partition coefficient (Wildman–Crippen LogP) is 1.10. The second kappa shape index (κ2) is 3.79. The molecule has 2 N–H and O–H groups in total. The van der Waals surface area contributed by atoms with E-state index >= 15 is 0 Å². The molecular formula is C10H19NOS. The Hall–Kier alpha value is 0.270. The summed E-state index contributed by atoms with van der Waals surface area (Å²) in [5.74, 6) is 4.41. The minimum absolute atomic E-state index is 0.0118. The number of thioether (sulfide) groups is 1. The first-order valence-corrected chi connectivity index (χ1v) is 6.33. The quantitative estimate of drug-likeness (QED) is 0.702. The zero-order valence-electron chi connectivity index (χ0n) is 8.25. The van der Waals surface area contributed by atoms with E-state index in [0.717, 1.165) is 24.8 Å². The van der Waals surface area contributed by atoms with Crippen molar-refractivity contribution in [2.45, 2.75) is 25.3 Å². The van der Waals surface area contributed by atoms with Gasteiger partial charge in [-0.05, 0) is 49.7 Å². The fourth-order valence-corrected chi connectivity index (χ4v) is 3.86. The van der Waals surface area contributed by atoms with Gasteiger partial charge in [-0.25, -0.2) is 0 Å². The van der Waals surface area contributed by atoms with Gasteiger partial charge in [0.1, 0.15) is 0 Å². The topological polar surface area (TPSA) is 32.3 Å². The number of aliphatic hydroxyl groups is 1. The van der Waals surface area contributed by atoms with E-state index in [0.29, 0.717) is 0 Å². The molecule has 0 bridgehead atoms. The molecule has 2 rings (SSSR count). The molecule has 0 aromatic heterocycles. The Morgan fingerprint density at radius 1 is 1.54 bits per heavy atom. The predicted molar refractivity (Wildman–Crippen MR) is 57.0 cm³/mol. The van der Waals surface area contributed by atoms with E-state index in [1.165, 1.54) is 17.9 Å². The van der Waals surface area contributed by atoms with Crippen LogP contribution in [0.2, 0.25) is 0 Å². The van der Waals surface area contributed by atoms with E-state index in [9.17, 15) is 5.11 Å². The summed E-state index contributed by atoms with van der Waals surface area (Å²) in [5.41, 5.74) is 0.0118. The van der Waals surface area contributed by atoms with Crippen LogP contribution in [0.15, 0.2) is 0 Å². The van der Waals surface area contributed by atoms with Crippen molar-refractivity contribution in [1.29, 1.82) is 0 Å². The Bertz CT molecular complexity index is 182. The van der Waals surface area contributed by atoms with Crippen LogP contribution in [0, 0.1) is 11.8 Å². The molecule has 2 saturated heterocycles. The molecule has 0 spiro atoms. The van der Waals surface area contributed by atoms with Crippen LogP contribution in [0.25, 0.3) is 0 Å². The first kappa shape index (κ1) is 9.81. The Kier molecular flexibility index (Phi) is 2.86. The lowest BCUT2D eigenvalue weighted by Gasteiger charge is -2.22. The monoisotopic (exact) mass is 201 g/mol. The molecule has 2 aliphatic rings. The van der Waals surface area contributed by atoms with Crippen LogP contribution in [0.4, 0.5) is 0 Å². The fraction of sp³-hybridized carbons (Fsp3) is 1.00. The van der Waals surface area contributed by atoms with Gasteiger partial charge in [0, 0.05) is 5.54 Å². The maximum Gasteiger partial charge on any atom is 0.0610 e. The minimum Gasteiger partial charge on any atom is -0.394 e. The van der Waals surface area contributed by atoms with Crippen molar-refractivity contribution in [2.24, 2.45) is 11.8 Å². The molecule has 3 heteroatoms. The van der Waals surface area contributed by atoms with Gasteiger partial charge in [0.05, 0.1) is 6.61 Å². The third-order valence-corrected chi connectivity index (χ3v) is 4.67. The molecule has 3 unspecified atom stereocenters. The van der Waals surface area contributed by atoms with Gasteiger partial charge < -0.3 is 10.4 Å². The largest absolute Gasteiger partial charge is 0.394 e. The Balaban J connectivity index is 1.90. The second-order valence-electron chi connectivity index (χ2n) is 4.69. The number of hydrogen-bond donors (Lipinski definition) is 2. The Morgan fingerprint density at radius 3 is 2.92 bits per heavy atom. The van der Waals surface area contributed by atoms with Crippen LogP contribution in [-0.4, -0.2) is 35.3 Å². The molecule has 0 saturated carbocycles. The Labute approximate surface area is 84.5 Å². The van der Waals surface area contributed by atoms with Crippen molar-refractivity contribution >= 4 is 11.8 Å². The van der Waals surface area contributed by atoms with Gasteiger partial charge in [0.15, 0.2) is 0 Å². The molecule has 0 aliphatic carbocycles. The smallest absolute Gasteiger partial charge is 0.0610 e. The van der Waals surface area contributed by atoms with Gasteiger partial charge in [-0.3, -0.25) is 0 Å². The zero-order valence-corrected chi connectivity index (χ0v) is 9.07. The maximum absolute atomic E-state index is 9.22. The van der Waals surface area contributed by atoms with Crippen LogP contribution in [-0.2, 0) is 0 Å². The highest BCUT2D eigenvalue weighted by Crippen LogP contribution is 2.36. The van der Waals surface area contributed by atoms with E-state index in [1.54, 1.807) is 0 Å². The van der Waals surface area contributed by atoms with Crippen LogP contribution in [0.5, 0.6) is 0 Å². The second-order valence-corrected chi connectivity index (χ2v) is 5.84. The van der Waals surface area contributed by atoms with Crippen LogP contribution >= 0.6 is 11.8 Å². The standard InChI is InChI=1S/C10H19NOS/c1-10(7-12)4-9(5-11-10)8-2-3-13-6-8/h8-9,11-12H,2-7H2,1H3. The normalized spacial score (nSPS) is 45.7. The molecule has 0 amide bonds. The molecule has 2 nitrogen and oxygen atoms in total. The van der Waals surface area contributed by atoms with E-state index in [2.05, 4.69) is 24.0 Å². The Morgan fingerprint density at radius 2 is 2.38 bits per heavy atom. The molecular weight excluding hydrogens is 182 g/mol. The third kappa shape index (κ3) is 2.03. The summed E-state index contributed by atoms with van der Waals surface area (Å²) in [4.78, 5) is 0. The van der Waals surface area contributed by atoms with Gasteiger partial charge in [-0.1, -0.05) is 0 Å². The number of hydrogen-bond acceptors (Lipinski definition) is 3. The molecule has 76 valence electrons. The van der Waals surface area contributed by atoms with E-state index in [1.807, 2.05) is 0 Å². The molecule has 13 heavy (non-hydrogen) atoms. The first-order valence-electron chi connectivity index (χ1n) is 5.17. The van der Waals surface area contributed by atoms with Crippen LogP contribution in [0.3, 0.4) is 0 Å². The summed E-state index contributed by atoms with van der Waals surface area (Å²) < 4.78 is 0. The number of aliphatic hydroxyl groups excluding tert-OH is 1. The van der Waals surface area contributed by atoms with E-state index < -0.39 is 0 Å². The van der Waals surface area contributed by atoms with Gasteiger partial charge >= 0.3 is 0 Å². The average Bonchev–Trinajstić information content (AvgIpc) is 2.73. The third-order valence-electron chi connectivity index (χ3n) is 3.48. The number of rotatable bonds is 2. The maximum atomic E-state index is 9.22. The highest BCUT2D eigenvalue weighted by molar-refractivity contribution is 7.99. The van der Waals surface area contributed by atoms with Gasteiger partial charge in [0.25, 0.3) is 0 Å². The summed E-state index contributed by atoms with van der Waals surface area (Å²) in [6.45, 7) is 3.53. The van der Waals surface area contributed by atoms with Crippen molar-refractivity contribution in [3.05, 3.63) is 0 Å². The SMILES string of the molecule is CC1(CO)CC(C2CCSC2)CN1. The van der Waals surface area contributed by atoms with Crippen molar-refractivity contribution in [3.63, 3.8) is 0 Å². The molecule has 3 atom stereocenters. The lowest BCUT2D eigenvalue weighted by atomic mass is 9.86. The van der Waals surface area contributed by atoms with Gasteiger partial charge in [-0.2, -0.15) is 11.8 Å². The highest BCUT2D eigenvalue weighted by atomic mass is 32.2. The molecule has 2 aliphatic heterocycles. The van der Waals surface area contributed by atoms with Crippen molar-refractivity contribution in [2.75, 3.05) is 24.7 Å². The summed E-state index contributed by atoms with van der Waals surface area (Å²) >= 11 is 2.09. The minimum atomic E-state index is 0.0118. The summed E-state index contributed by atoms with van der Waals surface area (Å²) in [6, 6.07) is 0. The molecule has 0 aromatic rings. The molecule has 2 fully saturated rings. The molecule has 0 aromatic carbocycles. The van der Waals surface area contributed by atoms with Crippen LogP contribution < -0.4 is 5.32 Å². The molecule has 0 radical (unpaired) electrons. The average molecular weight is 201 g/mol. The van der Waals surface area contributed by atoms with Gasteiger partial charge in [-0.15, -0.1) is 0 Å². The van der Waals surface area contributed by atoms with E-state index in [4.69, 9.17) is 0 Å². The lowest BCUT2D eigenvalue weighted by Crippen LogP contribution is -2.39. The summed E-state index contributed by atoms with van der Waals surface area (Å²) in [5, 5.41) is 12.7. The first-order chi connectivity index (χ1) is 6.23. The number of nitrogens with one attached hydrogen (secondary N) is 1. The van der Waals surface area contributed by atoms with Crippen molar-refractivity contribution in [3.8, 4) is 0 Å². The lowest BCUT2D eigenvalue weighted by molar-refractivity contribution is 0.186. The molecule has 2 heterocycles. The van der Waals surface area contributed by atoms with Crippen molar-refractivity contribution < 1.29 is 5.11 Å². The van der Waals surface area contributed by atoms with Crippen LogP contribution in [0.1, 0.15) is 19.8 Å². The van der Waals surface area contributed by atoms with E-state index in [-0.39, 0.29) is 12.1 Å². The van der Waals surface area contributed by atoms with Gasteiger partial charge in [0.2, 0.25) is 0 Å². The highest BCUT2D eigenvalue weighted by Gasteiger charge is 2.38.